The number of hydrogen-bond donors (Lipinski definition) is 2. The van der Waals surface area contributed by atoms with Crippen molar-refractivity contribution in [3.8, 4) is 0 Å². The lowest BCUT2D eigenvalue weighted by atomic mass is 10.2. The number of carboxylic acids is 1. The van der Waals surface area contributed by atoms with Crippen LogP contribution in [0, 0.1) is 5.92 Å². The Morgan fingerprint density at radius 3 is 2.80 bits per heavy atom. The van der Waals surface area contributed by atoms with Crippen molar-refractivity contribution in [2.24, 2.45) is 5.92 Å². The van der Waals surface area contributed by atoms with Crippen molar-refractivity contribution in [1.82, 2.24) is 5.32 Å². The summed E-state index contributed by atoms with van der Waals surface area (Å²) in [6.07, 6.45) is 1.86. The molecule has 0 aliphatic carbocycles. The Morgan fingerprint density at radius 1 is 1.67 bits per heavy atom. The Balaban J connectivity index is 3.80. The summed E-state index contributed by atoms with van der Waals surface area (Å²) in [5.74, 6) is -0.739. The Kier molecular flexibility index (Phi) is 8.37. The third kappa shape index (κ3) is 7.36. The first-order valence-electron chi connectivity index (χ1n) is 4.78. The molecule has 2 N–H and O–H groups in total. The van der Waals surface area contributed by atoms with Gasteiger partial charge in [-0.15, -0.1) is 11.6 Å². The topological polar surface area (TPSA) is 58.6 Å². The molecule has 0 aromatic rings. The highest BCUT2D eigenvalue weighted by molar-refractivity contribution is 6.18. The van der Waals surface area contributed by atoms with Gasteiger partial charge in [0.2, 0.25) is 0 Å². The SMILES string of the molecule is COC/C(=C\CCl)CNC[C@H](C)C(=O)O. The number of hydrogen-bond acceptors (Lipinski definition) is 3. The molecule has 88 valence electrons. The van der Waals surface area contributed by atoms with Crippen LogP contribution in [0.5, 0.6) is 0 Å². The monoisotopic (exact) mass is 235 g/mol. The van der Waals surface area contributed by atoms with Gasteiger partial charge in [0.05, 0.1) is 12.5 Å². The third-order valence-electron chi connectivity index (χ3n) is 1.92. The standard InChI is InChI=1S/C10H18ClNO3/c1-8(10(13)14)5-12-6-9(3-4-11)7-15-2/h3,8,12H,4-7H2,1-2H3,(H,13,14)/b9-3-/t8-/m0/s1. The molecule has 5 heteroatoms. The fourth-order valence-electron chi connectivity index (χ4n) is 1.01. The molecule has 0 aromatic carbocycles. The summed E-state index contributed by atoms with van der Waals surface area (Å²) in [5.41, 5.74) is 1.03. The first-order chi connectivity index (χ1) is 7.11. The van der Waals surface area contributed by atoms with E-state index in [4.69, 9.17) is 21.4 Å². The molecule has 15 heavy (non-hydrogen) atoms. The van der Waals surface area contributed by atoms with Crippen molar-refractivity contribution in [2.45, 2.75) is 6.92 Å². The number of nitrogens with one attached hydrogen (secondary N) is 1. The van der Waals surface area contributed by atoms with Gasteiger partial charge in [0, 0.05) is 26.1 Å². The molecule has 0 bridgehead atoms. The van der Waals surface area contributed by atoms with Crippen molar-refractivity contribution in [3.63, 3.8) is 0 Å². The fraction of sp³-hybridized carbons (Fsp3) is 0.700. The summed E-state index contributed by atoms with van der Waals surface area (Å²) < 4.78 is 4.98. The molecule has 0 aliphatic heterocycles. The summed E-state index contributed by atoms with van der Waals surface area (Å²) >= 11 is 5.57. The summed E-state index contributed by atoms with van der Waals surface area (Å²) in [6.45, 7) is 3.23. The van der Waals surface area contributed by atoms with Crippen LogP contribution in [0.15, 0.2) is 11.6 Å². The Bertz CT molecular complexity index is 219. The normalized spacial score (nSPS) is 13.9. The lowest BCUT2D eigenvalue weighted by Gasteiger charge is -2.10. The highest BCUT2D eigenvalue weighted by atomic mass is 35.5. The number of carbonyl (C=O) groups is 1. The van der Waals surface area contributed by atoms with Crippen molar-refractivity contribution in [1.29, 1.82) is 0 Å². The number of alkyl halides is 1. The largest absolute Gasteiger partial charge is 0.481 e. The van der Waals surface area contributed by atoms with Crippen LogP contribution in [0.2, 0.25) is 0 Å². The van der Waals surface area contributed by atoms with Crippen molar-refractivity contribution >= 4 is 17.6 Å². The Hall–Kier alpha value is -0.580. The van der Waals surface area contributed by atoms with Gasteiger partial charge in [0.1, 0.15) is 0 Å². The van der Waals surface area contributed by atoms with E-state index in [1.807, 2.05) is 6.08 Å². The van der Waals surface area contributed by atoms with E-state index in [1.54, 1.807) is 14.0 Å². The van der Waals surface area contributed by atoms with E-state index in [9.17, 15) is 4.79 Å². The molecule has 0 fully saturated rings. The predicted molar refractivity (Wildman–Crippen MR) is 60.3 cm³/mol. The minimum Gasteiger partial charge on any atom is -0.481 e. The van der Waals surface area contributed by atoms with E-state index in [0.717, 1.165) is 5.57 Å². The Labute approximate surface area is 95.3 Å². The molecule has 1 atom stereocenters. The van der Waals surface area contributed by atoms with E-state index < -0.39 is 5.97 Å². The first-order valence-corrected chi connectivity index (χ1v) is 5.31. The predicted octanol–water partition coefficient (Wildman–Crippen LogP) is 1.11. The van der Waals surface area contributed by atoms with Gasteiger partial charge in [-0.1, -0.05) is 13.0 Å². The van der Waals surface area contributed by atoms with Gasteiger partial charge in [-0.2, -0.15) is 0 Å². The van der Waals surface area contributed by atoms with Crippen LogP contribution < -0.4 is 5.32 Å². The second kappa shape index (κ2) is 8.71. The quantitative estimate of drug-likeness (QED) is 0.489. The van der Waals surface area contributed by atoms with Gasteiger partial charge in [0.15, 0.2) is 0 Å². The van der Waals surface area contributed by atoms with Gasteiger partial charge < -0.3 is 15.2 Å². The molecule has 0 radical (unpaired) electrons. The number of allylic oxidation sites excluding steroid dienone is 1. The van der Waals surface area contributed by atoms with Crippen LogP contribution in [0.3, 0.4) is 0 Å². The van der Waals surface area contributed by atoms with Gasteiger partial charge >= 0.3 is 5.97 Å². The minimum atomic E-state index is -0.794. The Morgan fingerprint density at radius 2 is 2.33 bits per heavy atom. The van der Waals surface area contributed by atoms with Crippen LogP contribution >= 0.6 is 11.6 Å². The van der Waals surface area contributed by atoms with E-state index in [2.05, 4.69) is 5.32 Å². The second-order valence-electron chi connectivity index (χ2n) is 3.32. The van der Waals surface area contributed by atoms with E-state index in [-0.39, 0.29) is 5.92 Å². The maximum absolute atomic E-state index is 10.5. The summed E-state index contributed by atoms with van der Waals surface area (Å²) in [7, 11) is 1.61. The molecule has 0 unspecified atom stereocenters. The molecule has 0 spiro atoms. The van der Waals surface area contributed by atoms with Gasteiger partial charge in [-0.05, 0) is 5.57 Å². The molecular weight excluding hydrogens is 218 g/mol. The maximum atomic E-state index is 10.5. The molecule has 0 heterocycles. The number of aliphatic carboxylic acids is 1. The molecular formula is C10H18ClNO3. The second-order valence-corrected chi connectivity index (χ2v) is 3.63. The van der Waals surface area contributed by atoms with Crippen LogP contribution in [0.25, 0.3) is 0 Å². The van der Waals surface area contributed by atoms with Gasteiger partial charge in [-0.3, -0.25) is 4.79 Å². The average Bonchev–Trinajstić information content (AvgIpc) is 2.18. The summed E-state index contributed by atoms with van der Waals surface area (Å²) in [5, 5.41) is 11.7. The van der Waals surface area contributed by atoms with Gasteiger partial charge in [0.25, 0.3) is 0 Å². The lowest BCUT2D eigenvalue weighted by Crippen LogP contribution is -2.28. The molecule has 0 saturated carbocycles. The van der Waals surface area contributed by atoms with Crippen LogP contribution in [-0.2, 0) is 9.53 Å². The number of halogens is 1. The van der Waals surface area contributed by atoms with E-state index in [0.29, 0.717) is 25.6 Å². The van der Waals surface area contributed by atoms with Crippen molar-refractivity contribution in [3.05, 3.63) is 11.6 Å². The maximum Gasteiger partial charge on any atom is 0.307 e. The average molecular weight is 236 g/mol. The number of ether oxygens (including phenoxy) is 1. The van der Waals surface area contributed by atoms with Crippen LogP contribution in [0.1, 0.15) is 6.92 Å². The number of carboxylic acid groups (broad SMARTS) is 1. The summed E-state index contributed by atoms with van der Waals surface area (Å²) in [4.78, 5) is 10.5. The molecule has 0 saturated heterocycles. The summed E-state index contributed by atoms with van der Waals surface area (Å²) in [6, 6.07) is 0. The van der Waals surface area contributed by atoms with Crippen molar-refractivity contribution < 1.29 is 14.6 Å². The smallest absolute Gasteiger partial charge is 0.307 e. The minimum absolute atomic E-state index is 0.384. The zero-order valence-electron chi connectivity index (χ0n) is 9.12. The molecule has 0 rings (SSSR count). The van der Waals surface area contributed by atoms with Gasteiger partial charge in [-0.25, -0.2) is 0 Å². The zero-order chi connectivity index (χ0) is 11.7. The highest BCUT2D eigenvalue weighted by Gasteiger charge is 2.09. The number of methoxy groups -OCH3 is 1. The first kappa shape index (κ1) is 14.4. The third-order valence-corrected chi connectivity index (χ3v) is 2.07. The molecule has 4 nitrogen and oxygen atoms in total. The van der Waals surface area contributed by atoms with E-state index >= 15 is 0 Å². The zero-order valence-corrected chi connectivity index (χ0v) is 9.88. The van der Waals surface area contributed by atoms with E-state index in [1.165, 1.54) is 0 Å². The van der Waals surface area contributed by atoms with Crippen molar-refractivity contribution in [2.75, 3.05) is 32.7 Å². The fourth-order valence-corrected chi connectivity index (χ4v) is 1.23. The molecule has 0 amide bonds. The van der Waals surface area contributed by atoms with Crippen LogP contribution in [0.4, 0.5) is 0 Å². The highest BCUT2D eigenvalue weighted by Crippen LogP contribution is 1.97. The number of rotatable bonds is 8. The van der Waals surface area contributed by atoms with Crippen LogP contribution in [-0.4, -0.2) is 43.8 Å². The lowest BCUT2D eigenvalue weighted by molar-refractivity contribution is -0.140. The molecule has 0 aliphatic rings. The molecule has 0 aromatic heterocycles.